The molecule has 0 saturated carbocycles. The van der Waals surface area contributed by atoms with Crippen molar-refractivity contribution in [2.24, 2.45) is 5.73 Å². The van der Waals surface area contributed by atoms with Gasteiger partial charge in [-0.05, 0) is 38.1 Å². The fraction of sp³-hybridized carbons (Fsp3) is 0.562. The van der Waals surface area contributed by atoms with E-state index >= 15 is 0 Å². The number of carbonyl (C=O) groups is 3. The minimum Gasteiger partial charge on any atom is -0.460 e. The van der Waals surface area contributed by atoms with Crippen LogP contribution < -0.4 is 5.73 Å². The number of primary amides is 1. The van der Waals surface area contributed by atoms with Crippen molar-refractivity contribution in [1.82, 2.24) is 4.90 Å². The zero-order valence-corrected chi connectivity index (χ0v) is 14.8. The highest BCUT2D eigenvalue weighted by molar-refractivity contribution is 7.12. The quantitative estimate of drug-likeness (QED) is 0.745. The molecule has 132 valence electrons. The number of nitrogens with zero attached hydrogens (tertiary/aromatic N) is 1. The molecule has 0 fully saturated rings. The van der Waals surface area contributed by atoms with Crippen molar-refractivity contribution in [2.75, 3.05) is 0 Å². The largest absolute Gasteiger partial charge is 0.460 e. The zero-order valence-electron chi connectivity index (χ0n) is 14.0. The molecule has 2 rings (SSSR count). The van der Waals surface area contributed by atoms with Crippen molar-refractivity contribution in [3.05, 3.63) is 21.4 Å². The molecule has 1 atom stereocenters. The standard InChI is InChI=1S/C16H22N2O5S/c1-16(2,3)23-12(20)5-4-11(14(17)21)18-6-10-9(7-19)8-24-13(10)15(18)22/h8,11,19H,4-7H2,1-3H3,(H2,17,21)/t11-/m0/s1. The molecule has 0 unspecified atom stereocenters. The van der Waals surface area contributed by atoms with Crippen LogP contribution in [0.5, 0.6) is 0 Å². The van der Waals surface area contributed by atoms with E-state index in [0.29, 0.717) is 10.4 Å². The highest BCUT2D eigenvalue weighted by atomic mass is 32.1. The van der Waals surface area contributed by atoms with Crippen LogP contribution in [0.15, 0.2) is 5.38 Å². The van der Waals surface area contributed by atoms with Crippen LogP contribution in [0, 0.1) is 0 Å². The second-order valence-corrected chi connectivity index (χ2v) is 7.58. The van der Waals surface area contributed by atoms with Crippen molar-refractivity contribution >= 4 is 29.1 Å². The van der Waals surface area contributed by atoms with Gasteiger partial charge < -0.3 is 20.5 Å². The van der Waals surface area contributed by atoms with Crippen LogP contribution >= 0.6 is 11.3 Å². The third kappa shape index (κ3) is 3.93. The Morgan fingerprint density at radius 3 is 2.67 bits per heavy atom. The predicted molar refractivity (Wildman–Crippen MR) is 88.2 cm³/mol. The van der Waals surface area contributed by atoms with Crippen molar-refractivity contribution in [3.63, 3.8) is 0 Å². The summed E-state index contributed by atoms with van der Waals surface area (Å²) in [5.74, 6) is -1.39. The van der Waals surface area contributed by atoms with Crippen molar-refractivity contribution < 1.29 is 24.2 Å². The number of esters is 1. The third-order valence-corrected chi connectivity index (χ3v) is 4.74. The van der Waals surface area contributed by atoms with Crippen molar-refractivity contribution in [1.29, 1.82) is 0 Å². The molecule has 7 nitrogen and oxygen atoms in total. The molecule has 2 amide bonds. The molecule has 0 saturated heterocycles. The lowest BCUT2D eigenvalue weighted by atomic mass is 10.1. The second kappa shape index (κ2) is 6.90. The Kier molecular flexibility index (Phi) is 5.29. The Morgan fingerprint density at radius 2 is 2.12 bits per heavy atom. The van der Waals surface area contributed by atoms with E-state index in [1.54, 1.807) is 26.2 Å². The molecule has 1 aromatic heterocycles. The molecule has 0 bridgehead atoms. The fourth-order valence-electron chi connectivity index (χ4n) is 2.63. The van der Waals surface area contributed by atoms with Gasteiger partial charge in [0.2, 0.25) is 5.91 Å². The summed E-state index contributed by atoms with van der Waals surface area (Å²) in [7, 11) is 0. The van der Waals surface area contributed by atoms with Gasteiger partial charge >= 0.3 is 5.97 Å². The van der Waals surface area contributed by atoms with E-state index < -0.39 is 23.5 Å². The number of carbonyl (C=O) groups excluding carboxylic acids is 3. The van der Waals surface area contributed by atoms with Crippen LogP contribution in [0.4, 0.5) is 0 Å². The SMILES string of the molecule is CC(C)(C)OC(=O)CC[C@@H](C(N)=O)N1Cc2c(CO)csc2C1=O. The van der Waals surface area contributed by atoms with Crippen LogP contribution in [0.3, 0.4) is 0 Å². The molecule has 0 aromatic carbocycles. The number of thiophene rings is 1. The summed E-state index contributed by atoms with van der Waals surface area (Å²) < 4.78 is 5.22. The highest BCUT2D eigenvalue weighted by Crippen LogP contribution is 2.33. The lowest BCUT2D eigenvalue weighted by Gasteiger charge is -2.26. The Hall–Kier alpha value is -1.93. The van der Waals surface area contributed by atoms with Gasteiger partial charge in [0.05, 0.1) is 11.5 Å². The minimum atomic E-state index is -0.879. The molecule has 0 aliphatic carbocycles. The number of ether oxygens (including phenoxy) is 1. The number of hydrogen-bond donors (Lipinski definition) is 2. The Bertz CT molecular complexity index is 662. The lowest BCUT2D eigenvalue weighted by Crippen LogP contribution is -2.45. The molecule has 3 N–H and O–H groups in total. The maximum Gasteiger partial charge on any atom is 0.306 e. The first-order chi connectivity index (χ1) is 11.1. The first-order valence-corrected chi connectivity index (χ1v) is 8.54. The summed E-state index contributed by atoms with van der Waals surface area (Å²) in [4.78, 5) is 38.0. The first-order valence-electron chi connectivity index (χ1n) is 7.66. The van der Waals surface area contributed by atoms with Gasteiger partial charge in [0, 0.05) is 18.5 Å². The number of hydrogen-bond acceptors (Lipinski definition) is 6. The van der Waals surface area contributed by atoms with E-state index in [-0.39, 0.29) is 31.9 Å². The third-order valence-electron chi connectivity index (χ3n) is 3.68. The summed E-state index contributed by atoms with van der Waals surface area (Å²) in [5, 5.41) is 11.1. The van der Waals surface area contributed by atoms with Crippen LogP contribution in [-0.4, -0.2) is 39.4 Å². The van der Waals surface area contributed by atoms with E-state index in [9.17, 15) is 19.5 Å². The fourth-order valence-corrected chi connectivity index (χ4v) is 3.66. The van der Waals surface area contributed by atoms with Gasteiger partial charge in [0.1, 0.15) is 11.6 Å². The Balaban J connectivity index is 2.07. The van der Waals surface area contributed by atoms with Crippen molar-refractivity contribution in [2.45, 2.75) is 58.4 Å². The van der Waals surface area contributed by atoms with Gasteiger partial charge in [-0.3, -0.25) is 14.4 Å². The van der Waals surface area contributed by atoms with Gasteiger partial charge in [-0.25, -0.2) is 0 Å². The lowest BCUT2D eigenvalue weighted by molar-refractivity contribution is -0.155. The summed E-state index contributed by atoms with van der Waals surface area (Å²) in [5.41, 5.74) is 6.24. The average Bonchev–Trinajstić information content (AvgIpc) is 2.98. The highest BCUT2D eigenvalue weighted by Gasteiger charge is 2.38. The number of fused-ring (bicyclic) bond motifs is 1. The van der Waals surface area contributed by atoms with Gasteiger partial charge in [0.25, 0.3) is 5.91 Å². The summed E-state index contributed by atoms with van der Waals surface area (Å²) in [6.45, 7) is 5.33. The number of amides is 2. The molecule has 8 heteroatoms. The van der Waals surface area contributed by atoms with Crippen LogP contribution in [0.2, 0.25) is 0 Å². The Labute approximate surface area is 144 Å². The number of nitrogens with two attached hydrogens (primary N) is 1. The van der Waals surface area contributed by atoms with Crippen LogP contribution in [0.1, 0.15) is 54.4 Å². The maximum absolute atomic E-state index is 12.5. The molecule has 0 spiro atoms. The average molecular weight is 354 g/mol. The van der Waals surface area contributed by atoms with E-state index in [1.807, 2.05) is 0 Å². The van der Waals surface area contributed by atoms with Gasteiger partial charge in [-0.1, -0.05) is 0 Å². The number of aliphatic hydroxyl groups is 1. The van der Waals surface area contributed by atoms with Crippen LogP contribution in [0.25, 0.3) is 0 Å². The number of aliphatic hydroxyl groups excluding tert-OH is 1. The van der Waals surface area contributed by atoms with Gasteiger partial charge in [0.15, 0.2) is 0 Å². The normalized spacial score (nSPS) is 15.3. The van der Waals surface area contributed by atoms with Crippen LogP contribution in [-0.2, 0) is 27.5 Å². The van der Waals surface area contributed by atoms with E-state index in [4.69, 9.17) is 10.5 Å². The zero-order chi connectivity index (χ0) is 18.1. The smallest absolute Gasteiger partial charge is 0.306 e. The molecule has 1 aromatic rings. The summed E-state index contributed by atoms with van der Waals surface area (Å²) >= 11 is 1.24. The molecule has 24 heavy (non-hydrogen) atoms. The molecule has 1 aliphatic rings. The van der Waals surface area contributed by atoms with E-state index in [1.165, 1.54) is 16.2 Å². The number of rotatable bonds is 6. The molecular weight excluding hydrogens is 332 g/mol. The van der Waals surface area contributed by atoms with E-state index in [0.717, 1.165) is 5.56 Å². The summed E-state index contributed by atoms with van der Waals surface area (Å²) in [6, 6.07) is -0.879. The second-order valence-electron chi connectivity index (χ2n) is 6.70. The monoisotopic (exact) mass is 354 g/mol. The Morgan fingerprint density at radius 1 is 1.46 bits per heavy atom. The van der Waals surface area contributed by atoms with E-state index in [2.05, 4.69) is 0 Å². The topological polar surface area (TPSA) is 110 Å². The first kappa shape index (κ1) is 18.4. The molecule has 0 radical (unpaired) electrons. The van der Waals surface area contributed by atoms with Crippen molar-refractivity contribution in [3.8, 4) is 0 Å². The summed E-state index contributed by atoms with van der Waals surface area (Å²) in [6.07, 6.45) is 0.106. The molecule has 1 aliphatic heterocycles. The van der Waals surface area contributed by atoms with Gasteiger partial charge in [-0.2, -0.15) is 0 Å². The molecule has 2 heterocycles. The predicted octanol–water partition coefficient (Wildman–Crippen LogP) is 1.17. The minimum absolute atomic E-state index is 0.00480. The molecular formula is C16H22N2O5S. The van der Waals surface area contributed by atoms with Gasteiger partial charge in [-0.15, -0.1) is 11.3 Å². The maximum atomic E-state index is 12.5.